The van der Waals surface area contributed by atoms with Crippen LogP contribution >= 0.6 is 0 Å². The van der Waals surface area contributed by atoms with Gasteiger partial charge in [0.1, 0.15) is 0 Å². The molecule has 0 aliphatic heterocycles. The average molecular weight is 554 g/mol. The smallest absolute Gasteiger partial charge is 0.0936 e. The molecule has 5 aromatic carbocycles. The molecule has 42 heavy (non-hydrogen) atoms. The Bertz CT molecular complexity index is 1710. The van der Waals surface area contributed by atoms with Gasteiger partial charge in [-0.05, 0) is 86.4 Å². The van der Waals surface area contributed by atoms with E-state index >= 15 is 0 Å². The van der Waals surface area contributed by atoms with Crippen molar-refractivity contribution in [1.29, 1.82) is 0 Å². The van der Waals surface area contributed by atoms with Crippen LogP contribution in [0.25, 0.3) is 21.5 Å². The SMILES string of the molecule is CCCC1CCC(c2ccc(N=Nc3ccc(N=Nc4ccc(NCC)c5ccccc45)c4ccccc34)cc2)CC1. The van der Waals surface area contributed by atoms with Crippen molar-refractivity contribution in [1.82, 2.24) is 0 Å². The molecule has 5 heteroatoms. The lowest BCUT2D eigenvalue weighted by atomic mass is 9.77. The summed E-state index contributed by atoms with van der Waals surface area (Å²) >= 11 is 0. The number of benzene rings is 5. The maximum absolute atomic E-state index is 4.69. The fourth-order valence-electron chi connectivity index (χ4n) is 6.38. The van der Waals surface area contributed by atoms with Crippen LogP contribution in [0.5, 0.6) is 0 Å². The topological polar surface area (TPSA) is 61.5 Å². The van der Waals surface area contributed by atoms with Crippen molar-refractivity contribution in [2.24, 2.45) is 26.4 Å². The molecule has 0 heterocycles. The van der Waals surface area contributed by atoms with Gasteiger partial charge in [-0.2, -0.15) is 5.11 Å². The molecule has 0 aromatic heterocycles. The van der Waals surface area contributed by atoms with Gasteiger partial charge in [-0.3, -0.25) is 0 Å². The molecule has 5 nitrogen and oxygen atoms in total. The molecule has 212 valence electrons. The molecular weight excluding hydrogens is 514 g/mol. The van der Waals surface area contributed by atoms with Gasteiger partial charge >= 0.3 is 0 Å². The molecule has 0 spiro atoms. The summed E-state index contributed by atoms with van der Waals surface area (Å²) in [5.41, 5.74) is 5.90. The number of fused-ring (bicyclic) bond motifs is 2. The zero-order valence-corrected chi connectivity index (χ0v) is 24.6. The number of hydrogen-bond donors (Lipinski definition) is 1. The van der Waals surface area contributed by atoms with Crippen molar-refractivity contribution in [3.63, 3.8) is 0 Å². The van der Waals surface area contributed by atoms with Gasteiger partial charge in [0, 0.05) is 33.8 Å². The highest BCUT2D eigenvalue weighted by Crippen LogP contribution is 2.39. The molecular formula is C37H39N5. The molecule has 1 N–H and O–H groups in total. The monoisotopic (exact) mass is 553 g/mol. The fourth-order valence-corrected chi connectivity index (χ4v) is 6.38. The van der Waals surface area contributed by atoms with Crippen molar-refractivity contribution in [3.05, 3.63) is 103 Å². The summed E-state index contributed by atoms with van der Waals surface area (Å²) in [6, 6.07) is 33.3. The van der Waals surface area contributed by atoms with E-state index in [9.17, 15) is 0 Å². The molecule has 0 amide bonds. The summed E-state index contributed by atoms with van der Waals surface area (Å²) in [4.78, 5) is 0. The molecule has 1 aliphatic rings. The minimum Gasteiger partial charge on any atom is -0.385 e. The number of anilines is 1. The number of nitrogens with zero attached hydrogens (tertiary/aromatic N) is 4. The average Bonchev–Trinajstić information content (AvgIpc) is 3.04. The van der Waals surface area contributed by atoms with Gasteiger partial charge in [-0.1, -0.05) is 80.4 Å². The number of azo groups is 2. The molecule has 0 atom stereocenters. The Morgan fingerprint density at radius 1 is 0.571 bits per heavy atom. The summed E-state index contributed by atoms with van der Waals surface area (Å²) in [5.74, 6) is 1.61. The number of nitrogens with one attached hydrogen (secondary N) is 1. The van der Waals surface area contributed by atoms with Crippen LogP contribution in [0.1, 0.15) is 63.9 Å². The Kier molecular flexibility index (Phi) is 8.64. The van der Waals surface area contributed by atoms with Crippen molar-refractivity contribution in [2.45, 2.75) is 58.3 Å². The highest BCUT2D eigenvalue weighted by molar-refractivity contribution is 6.01. The lowest BCUT2D eigenvalue weighted by molar-refractivity contribution is 0.308. The number of rotatable bonds is 9. The first kappa shape index (κ1) is 27.8. The van der Waals surface area contributed by atoms with Gasteiger partial charge in [0.05, 0.1) is 22.7 Å². The molecule has 1 fully saturated rings. The minimum absolute atomic E-state index is 0.679. The van der Waals surface area contributed by atoms with Crippen molar-refractivity contribution < 1.29 is 0 Å². The largest absolute Gasteiger partial charge is 0.385 e. The summed E-state index contributed by atoms with van der Waals surface area (Å²) in [5, 5.41) is 26.3. The van der Waals surface area contributed by atoms with Crippen LogP contribution in [0.4, 0.5) is 28.4 Å². The predicted octanol–water partition coefficient (Wildman–Crippen LogP) is 12.3. The maximum Gasteiger partial charge on any atom is 0.0936 e. The molecule has 0 radical (unpaired) electrons. The number of hydrogen-bond acceptors (Lipinski definition) is 5. The quantitative estimate of drug-likeness (QED) is 0.181. The Balaban J connectivity index is 1.21. The first-order valence-corrected chi connectivity index (χ1v) is 15.4. The highest BCUT2D eigenvalue weighted by atomic mass is 15.1. The summed E-state index contributed by atoms with van der Waals surface area (Å²) < 4.78 is 0. The molecule has 0 unspecified atom stereocenters. The Morgan fingerprint density at radius 2 is 1.10 bits per heavy atom. The first-order chi connectivity index (χ1) is 20.7. The predicted molar refractivity (Wildman–Crippen MR) is 176 cm³/mol. The zero-order chi connectivity index (χ0) is 28.7. The van der Waals surface area contributed by atoms with E-state index in [0.717, 1.165) is 62.4 Å². The van der Waals surface area contributed by atoms with Gasteiger partial charge in [-0.15, -0.1) is 15.3 Å². The second kappa shape index (κ2) is 13.1. The summed E-state index contributed by atoms with van der Waals surface area (Å²) in [7, 11) is 0. The van der Waals surface area contributed by atoms with Gasteiger partial charge in [0.25, 0.3) is 0 Å². The summed E-state index contributed by atoms with van der Waals surface area (Å²) in [6.45, 7) is 5.27. The van der Waals surface area contributed by atoms with Crippen LogP contribution in [-0.2, 0) is 0 Å². The third kappa shape index (κ3) is 6.11. The molecule has 0 bridgehead atoms. The standard InChI is InChI=1S/C37H39N5/c1-3-9-26-14-16-27(17-15-26)28-18-20-29(21-19-28)39-40-35-24-25-37(33-13-8-7-12-32(33)35)42-41-36-23-22-34(38-4-2)30-10-5-6-11-31(30)36/h5-8,10-13,18-27,38H,3-4,9,14-17H2,1-2H3. The third-order valence-corrected chi connectivity index (χ3v) is 8.59. The molecule has 5 aromatic rings. The van der Waals surface area contributed by atoms with Crippen LogP contribution in [-0.4, -0.2) is 6.54 Å². The second-order valence-electron chi connectivity index (χ2n) is 11.4. The van der Waals surface area contributed by atoms with Crippen molar-refractivity contribution in [3.8, 4) is 0 Å². The fraction of sp³-hybridized carbons (Fsp3) is 0.297. The Morgan fingerprint density at radius 3 is 1.67 bits per heavy atom. The Hall–Kier alpha value is -4.38. The lowest BCUT2D eigenvalue weighted by Gasteiger charge is -2.28. The van der Waals surface area contributed by atoms with E-state index in [0.29, 0.717) is 5.92 Å². The van der Waals surface area contributed by atoms with E-state index in [1.54, 1.807) is 0 Å². The lowest BCUT2D eigenvalue weighted by Crippen LogP contribution is -2.13. The molecule has 0 saturated heterocycles. The van der Waals surface area contributed by atoms with Gasteiger partial charge in [0.15, 0.2) is 0 Å². The normalized spacial score (nSPS) is 17.5. The maximum atomic E-state index is 4.69. The Labute approximate surface area is 248 Å². The first-order valence-electron chi connectivity index (χ1n) is 15.4. The van der Waals surface area contributed by atoms with Crippen molar-refractivity contribution >= 4 is 50.0 Å². The van der Waals surface area contributed by atoms with Crippen LogP contribution in [0.15, 0.2) is 118 Å². The zero-order valence-electron chi connectivity index (χ0n) is 24.6. The van der Waals surface area contributed by atoms with Crippen LogP contribution in [0.2, 0.25) is 0 Å². The van der Waals surface area contributed by atoms with E-state index in [4.69, 9.17) is 5.11 Å². The second-order valence-corrected chi connectivity index (χ2v) is 11.4. The van der Waals surface area contributed by atoms with Crippen LogP contribution < -0.4 is 5.32 Å². The molecule has 1 aliphatic carbocycles. The van der Waals surface area contributed by atoms with Crippen molar-refractivity contribution in [2.75, 3.05) is 11.9 Å². The van der Waals surface area contributed by atoms with Crippen LogP contribution in [0, 0.1) is 5.92 Å². The van der Waals surface area contributed by atoms with Gasteiger partial charge in [0.2, 0.25) is 0 Å². The van der Waals surface area contributed by atoms with E-state index in [-0.39, 0.29) is 0 Å². The van der Waals surface area contributed by atoms with Gasteiger partial charge in [-0.25, -0.2) is 0 Å². The third-order valence-electron chi connectivity index (χ3n) is 8.59. The van der Waals surface area contributed by atoms with E-state index in [1.807, 2.05) is 36.4 Å². The minimum atomic E-state index is 0.679. The van der Waals surface area contributed by atoms with E-state index < -0.39 is 0 Å². The highest BCUT2D eigenvalue weighted by Gasteiger charge is 2.21. The van der Waals surface area contributed by atoms with Gasteiger partial charge < -0.3 is 5.32 Å². The van der Waals surface area contributed by atoms with E-state index in [1.165, 1.54) is 44.1 Å². The van der Waals surface area contributed by atoms with E-state index in [2.05, 4.69) is 95.2 Å². The summed E-state index contributed by atoms with van der Waals surface area (Å²) in [6.07, 6.45) is 8.02. The molecule has 1 saturated carbocycles. The molecule has 6 rings (SSSR count). The van der Waals surface area contributed by atoms with Crippen LogP contribution in [0.3, 0.4) is 0 Å².